The Morgan fingerprint density at radius 1 is 0.844 bits per heavy atom. The topological polar surface area (TPSA) is 80.4 Å². The van der Waals surface area contributed by atoms with E-state index < -0.39 is 0 Å². The fourth-order valence-electron chi connectivity index (χ4n) is 4.67. The van der Waals surface area contributed by atoms with Gasteiger partial charge >= 0.3 is 5.69 Å². The van der Waals surface area contributed by atoms with Crippen molar-refractivity contribution in [2.75, 3.05) is 26.2 Å². The van der Waals surface area contributed by atoms with Crippen LogP contribution in [0.1, 0.15) is 45.3 Å². The van der Waals surface area contributed by atoms with Crippen molar-refractivity contribution < 1.29 is 9.59 Å². The van der Waals surface area contributed by atoms with Crippen molar-refractivity contribution in [3.8, 4) is 5.69 Å². The zero-order valence-corrected chi connectivity index (χ0v) is 18.0. The molecule has 164 valence electrons. The number of rotatable bonds is 5. The van der Waals surface area contributed by atoms with Crippen LogP contribution in [0.25, 0.3) is 5.69 Å². The Bertz CT molecular complexity index is 1190. The summed E-state index contributed by atoms with van der Waals surface area (Å²) in [6, 6.07) is 16.6. The highest BCUT2D eigenvalue weighted by Gasteiger charge is 2.35. The van der Waals surface area contributed by atoms with E-state index >= 15 is 0 Å². The van der Waals surface area contributed by atoms with E-state index in [9.17, 15) is 14.4 Å². The van der Waals surface area contributed by atoms with Crippen LogP contribution in [0.4, 0.5) is 0 Å². The number of piperidine rings is 1. The summed E-state index contributed by atoms with van der Waals surface area (Å²) in [7, 11) is 1.68. The fraction of sp³-hybridized carbons (Fsp3) is 0.333. The quantitative estimate of drug-likeness (QED) is 0.578. The van der Waals surface area contributed by atoms with Crippen LogP contribution in [-0.2, 0) is 7.05 Å². The van der Waals surface area contributed by atoms with Gasteiger partial charge in [-0.3, -0.25) is 14.5 Å². The summed E-state index contributed by atoms with van der Waals surface area (Å²) in [6.07, 6.45) is 1.73. The molecule has 2 aliphatic heterocycles. The van der Waals surface area contributed by atoms with Crippen molar-refractivity contribution >= 4 is 11.8 Å². The molecule has 32 heavy (non-hydrogen) atoms. The maximum Gasteiger partial charge on any atom is 0.350 e. The molecule has 0 bridgehead atoms. The molecule has 0 atom stereocenters. The third-order valence-corrected chi connectivity index (χ3v) is 6.43. The van der Waals surface area contributed by atoms with Crippen LogP contribution in [0, 0.1) is 0 Å². The van der Waals surface area contributed by atoms with Gasteiger partial charge in [0.1, 0.15) is 5.82 Å². The van der Waals surface area contributed by atoms with Gasteiger partial charge in [-0.1, -0.05) is 30.3 Å². The van der Waals surface area contributed by atoms with Crippen molar-refractivity contribution in [1.29, 1.82) is 0 Å². The molecule has 8 nitrogen and oxygen atoms in total. The monoisotopic (exact) mass is 431 g/mol. The minimum atomic E-state index is -0.208. The number of likely N-dealkylation sites (tertiary alicyclic amines) is 1. The molecule has 0 saturated carbocycles. The van der Waals surface area contributed by atoms with Gasteiger partial charge in [0.2, 0.25) is 0 Å². The number of aryl methyl sites for hydroxylation is 1. The summed E-state index contributed by atoms with van der Waals surface area (Å²) in [4.78, 5) is 41.4. The summed E-state index contributed by atoms with van der Waals surface area (Å²) in [5, 5.41) is 4.54. The van der Waals surface area contributed by atoms with Gasteiger partial charge in [-0.25, -0.2) is 14.0 Å². The van der Waals surface area contributed by atoms with Gasteiger partial charge in [-0.15, -0.1) is 0 Å². The Morgan fingerprint density at radius 3 is 2.06 bits per heavy atom. The van der Waals surface area contributed by atoms with Crippen LogP contribution in [-0.4, -0.2) is 62.1 Å². The number of amides is 2. The molecule has 2 aliphatic rings. The molecule has 1 saturated heterocycles. The average Bonchev–Trinajstić information content (AvgIpc) is 3.26. The summed E-state index contributed by atoms with van der Waals surface area (Å²) < 4.78 is 3.11. The Morgan fingerprint density at radius 2 is 1.44 bits per heavy atom. The second kappa shape index (κ2) is 8.20. The minimum absolute atomic E-state index is 0.140. The molecule has 0 aliphatic carbocycles. The van der Waals surface area contributed by atoms with Crippen LogP contribution in [0.2, 0.25) is 0 Å². The molecule has 2 amide bonds. The van der Waals surface area contributed by atoms with E-state index in [4.69, 9.17) is 0 Å². The summed E-state index contributed by atoms with van der Waals surface area (Å²) in [5.74, 6) is 0.560. The number of carbonyl (C=O) groups excluding carboxylic acids is 2. The van der Waals surface area contributed by atoms with E-state index in [1.54, 1.807) is 35.9 Å². The van der Waals surface area contributed by atoms with Gasteiger partial charge in [-0.05, 0) is 50.2 Å². The highest BCUT2D eigenvalue weighted by Crippen LogP contribution is 2.28. The fourth-order valence-corrected chi connectivity index (χ4v) is 4.67. The normalized spacial score (nSPS) is 17.2. The predicted molar refractivity (Wildman–Crippen MR) is 119 cm³/mol. The molecule has 5 rings (SSSR count). The first kappa shape index (κ1) is 20.4. The smallest absolute Gasteiger partial charge is 0.302 e. The molecule has 3 heterocycles. The second-order valence-corrected chi connectivity index (χ2v) is 8.36. The van der Waals surface area contributed by atoms with Crippen molar-refractivity contribution in [1.82, 2.24) is 24.1 Å². The molecule has 0 radical (unpaired) electrons. The van der Waals surface area contributed by atoms with E-state index in [0.717, 1.165) is 37.4 Å². The SMILES string of the molecule is Cn1nc(C2CCN(CCN3C(=O)c4ccccc4C3=O)CC2)n(-c2ccccc2)c1=O. The summed E-state index contributed by atoms with van der Waals surface area (Å²) in [6.45, 7) is 2.68. The maximum atomic E-state index is 12.7. The Labute approximate surface area is 185 Å². The van der Waals surface area contributed by atoms with Gasteiger partial charge in [0.25, 0.3) is 11.8 Å². The number of fused-ring (bicyclic) bond motifs is 1. The molecule has 3 aromatic rings. The zero-order chi connectivity index (χ0) is 22.2. The third kappa shape index (κ3) is 3.46. The summed E-state index contributed by atoms with van der Waals surface area (Å²) >= 11 is 0. The lowest BCUT2D eigenvalue weighted by molar-refractivity contribution is 0.0629. The number of nitrogens with zero attached hydrogens (tertiary/aromatic N) is 5. The van der Waals surface area contributed by atoms with E-state index in [2.05, 4.69) is 10.00 Å². The average molecular weight is 431 g/mol. The van der Waals surface area contributed by atoms with Crippen LogP contribution in [0.15, 0.2) is 59.4 Å². The summed E-state index contributed by atoms with van der Waals surface area (Å²) in [5.41, 5.74) is 1.67. The number of hydrogen-bond acceptors (Lipinski definition) is 5. The van der Waals surface area contributed by atoms with Crippen LogP contribution >= 0.6 is 0 Å². The molecule has 8 heteroatoms. The second-order valence-electron chi connectivity index (χ2n) is 8.36. The molecule has 1 fully saturated rings. The largest absolute Gasteiger partial charge is 0.350 e. The van der Waals surface area contributed by atoms with E-state index in [1.807, 2.05) is 30.3 Å². The maximum absolute atomic E-state index is 12.7. The number of benzene rings is 2. The van der Waals surface area contributed by atoms with Crippen LogP contribution in [0.3, 0.4) is 0 Å². The minimum Gasteiger partial charge on any atom is -0.302 e. The molecular formula is C24H25N5O3. The van der Waals surface area contributed by atoms with Gasteiger partial charge in [0, 0.05) is 26.1 Å². The molecular weight excluding hydrogens is 406 g/mol. The van der Waals surface area contributed by atoms with Crippen molar-refractivity contribution in [3.05, 3.63) is 82.0 Å². The van der Waals surface area contributed by atoms with Crippen molar-refractivity contribution in [3.63, 3.8) is 0 Å². The first-order chi connectivity index (χ1) is 15.5. The zero-order valence-electron chi connectivity index (χ0n) is 18.0. The first-order valence-corrected chi connectivity index (χ1v) is 10.9. The van der Waals surface area contributed by atoms with Gasteiger partial charge in [0.15, 0.2) is 0 Å². The Balaban J connectivity index is 1.24. The molecule has 0 unspecified atom stereocenters. The van der Waals surface area contributed by atoms with Gasteiger partial charge < -0.3 is 4.90 Å². The first-order valence-electron chi connectivity index (χ1n) is 10.9. The lowest BCUT2D eigenvalue weighted by Gasteiger charge is -2.32. The number of imide groups is 1. The molecule has 0 N–H and O–H groups in total. The van der Waals surface area contributed by atoms with Crippen molar-refractivity contribution in [2.45, 2.75) is 18.8 Å². The highest BCUT2D eigenvalue weighted by molar-refractivity contribution is 6.21. The lowest BCUT2D eigenvalue weighted by Crippen LogP contribution is -2.41. The van der Waals surface area contributed by atoms with Crippen LogP contribution in [0.5, 0.6) is 0 Å². The number of aromatic nitrogens is 3. The Kier molecular flexibility index (Phi) is 5.22. The van der Waals surface area contributed by atoms with Crippen molar-refractivity contribution in [2.24, 2.45) is 7.05 Å². The van der Waals surface area contributed by atoms with Crippen LogP contribution < -0.4 is 5.69 Å². The molecule has 2 aromatic carbocycles. The van der Waals surface area contributed by atoms with E-state index in [-0.39, 0.29) is 23.4 Å². The van der Waals surface area contributed by atoms with Gasteiger partial charge in [-0.2, -0.15) is 5.10 Å². The standard InChI is InChI=1S/C24H25N5O3/c1-26-24(32)29(18-7-3-2-4-8-18)21(25-26)17-11-13-27(14-12-17)15-16-28-22(30)19-9-5-6-10-20(19)23(28)31/h2-10,17H,11-16H2,1H3. The van der Waals surface area contributed by atoms with Gasteiger partial charge in [0.05, 0.1) is 16.8 Å². The number of hydrogen-bond donors (Lipinski definition) is 0. The number of carbonyl (C=O) groups is 2. The highest BCUT2D eigenvalue weighted by atomic mass is 16.2. The van der Waals surface area contributed by atoms with E-state index in [1.165, 1.54) is 9.58 Å². The lowest BCUT2D eigenvalue weighted by atomic mass is 9.95. The molecule has 0 spiro atoms. The third-order valence-electron chi connectivity index (χ3n) is 6.43. The molecule has 1 aromatic heterocycles. The Hall–Kier alpha value is -3.52. The predicted octanol–water partition coefficient (Wildman–Crippen LogP) is 2.05. The number of para-hydroxylation sites is 1. The van der Waals surface area contributed by atoms with E-state index in [0.29, 0.717) is 24.2 Å².